The zero-order valence-corrected chi connectivity index (χ0v) is 22.3. The van der Waals surface area contributed by atoms with Crippen LogP contribution < -0.4 is 18.9 Å². The van der Waals surface area contributed by atoms with Gasteiger partial charge < -0.3 is 18.9 Å². The Bertz CT molecular complexity index is 1470. The first kappa shape index (κ1) is 26.6. The van der Waals surface area contributed by atoms with Crippen LogP contribution >= 0.6 is 0 Å². The molecule has 0 fully saturated rings. The largest absolute Gasteiger partial charge is 0.485 e. The van der Waals surface area contributed by atoms with Crippen molar-refractivity contribution >= 4 is 5.97 Å². The second kappa shape index (κ2) is 13.2. The van der Waals surface area contributed by atoms with Crippen molar-refractivity contribution in [3.8, 4) is 23.0 Å². The minimum Gasteiger partial charge on any atom is -0.485 e. The summed E-state index contributed by atoms with van der Waals surface area (Å²) in [4.78, 5) is 13.3. The number of esters is 1. The first-order valence-electron chi connectivity index (χ1n) is 13.1. The van der Waals surface area contributed by atoms with Crippen LogP contribution in [0.1, 0.15) is 32.6 Å². The van der Waals surface area contributed by atoms with Crippen LogP contribution in [0.5, 0.6) is 23.0 Å². The van der Waals surface area contributed by atoms with Gasteiger partial charge >= 0.3 is 5.97 Å². The molecule has 0 heterocycles. The molecule has 0 radical (unpaired) electrons. The molecule has 0 aliphatic rings. The van der Waals surface area contributed by atoms with E-state index in [1.54, 1.807) is 18.2 Å². The molecule has 0 N–H and O–H groups in total. The van der Waals surface area contributed by atoms with E-state index in [1.165, 1.54) is 0 Å². The van der Waals surface area contributed by atoms with Gasteiger partial charge in [0.15, 0.2) is 11.5 Å². The molecule has 0 unspecified atom stereocenters. The van der Waals surface area contributed by atoms with E-state index < -0.39 is 5.97 Å². The van der Waals surface area contributed by atoms with Crippen molar-refractivity contribution in [2.45, 2.75) is 26.7 Å². The number of benzene rings is 5. The summed E-state index contributed by atoms with van der Waals surface area (Å²) in [6.07, 6.45) is 0. The van der Waals surface area contributed by atoms with Gasteiger partial charge in [0.2, 0.25) is 5.75 Å². The Labute approximate surface area is 234 Å². The summed E-state index contributed by atoms with van der Waals surface area (Å²) in [5.74, 6) is 1.15. The van der Waals surface area contributed by atoms with Crippen LogP contribution in [0.2, 0.25) is 0 Å². The molecule has 0 saturated carbocycles. The molecule has 5 nitrogen and oxygen atoms in total. The molecular formula is C35H30O5. The predicted molar refractivity (Wildman–Crippen MR) is 155 cm³/mol. The number of hydrogen-bond acceptors (Lipinski definition) is 5. The zero-order valence-electron chi connectivity index (χ0n) is 22.3. The summed E-state index contributed by atoms with van der Waals surface area (Å²) in [6, 6.07) is 40.2. The van der Waals surface area contributed by atoms with Crippen LogP contribution in [0.4, 0.5) is 0 Å². The third-order valence-corrected chi connectivity index (χ3v) is 6.16. The lowest BCUT2D eigenvalue weighted by Gasteiger charge is -2.19. The van der Waals surface area contributed by atoms with Gasteiger partial charge in [-0.25, -0.2) is 4.79 Å². The summed E-state index contributed by atoms with van der Waals surface area (Å²) in [5, 5.41) is 0. The Morgan fingerprint density at radius 1 is 0.550 bits per heavy atom. The molecule has 0 atom stereocenters. The van der Waals surface area contributed by atoms with Crippen molar-refractivity contribution in [1.82, 2.24) is 0 Å². The van der Waals surface area contributed by atoms with Gasteiger partial charge in [-0.1, -0.05) is 103 Å². The SMILES string of the molecule is Cc1cccc(OC(=O)c2cc(OCc3ccccc3)c(OCc3ccccc3)c(OCc3ccccc3)c2)c1. The van der Waals surface area contributed by atoms with Crippen LogP contribution in [-0.4, -0.2) is 5.97 Å². The summed E-state index contributed by atoms with van der Waals surface area (Å²) in [6.45, 7) is 2.83. The second-order valence-corrected chi connectivity index (χ2v) is 9.33. The average molecular weight is 531 g/mol. The van der Waals surface area contributed by atoms with Gasteiger partial charge in [-0.2, -0.15) is 0 Å². The number of carbonyl (C=O) groups is 1. The second-order valence-electron chi connectivity index (χ2n) is 9.33. The van der Waals surface area contributed by atoms with E-state index in [0.29, 0.717) is 35.2 Å². The molecule has 0 aliphatic heterocycles. The van der Waals surface area contributed by atoms with Crippen LogP contribution in [0.3, 0.4) is 0 Å². The maximum atomic E-state index is 13.3. The van der Waals surface area contributed by atoms with Gasteiger partial charge in [0.05, 0.1) is 5.56 Å². The van der Waals surface area contributed by atoms with Crippen LogP contribution in [0, 0.1) is 6.92 Å². The lowest BCUT2D eigenvalue weighted by molar-refractivity contribution is 0.0733. The number of hydrogen-bond donors (Lipinski definition) is 0. The Hall–Kier alpha value is -5.03. The maximum absolute atomic E-state index is 13.3. The molecule has 5 heteroatoms. The third kappa shape index (κ3) is 7.29. The van der Waals surface area contributed by atoms with Gasteiger partial charge in [0.1, 0.15) is 25.6 Å². The van der Waals surface area contributed by atoms with Crippen molar-refractivity contribution in [3.63, 3.8) is 0 Å². The highest BCUT2D eigenvalue weighted by molar-refractivity contribution is 5.92. The molecule has 0 saturated heterocycles. The summed E-state index contributed by atoms with van der Waals surface area (Å²) < 4.78 is 24.5. The number of ether oxygens (including phenoxy) is 4. The fourth-order valence-electron chi connectivity index (χ4n) is 4.10. The molecule has 0 bridgehead atoms. The van der Waals surface area contributed by atoms with E-state index >= 15 is 0 Å². The van der Waals surface area contributed by atoms with Crippen molar-refractivity contribution in [3.05, 3.63) is 155 Å². The Morgan fingerprint density at radius 2 is 1.02 bits per heavy atom. The first-order valence-corrected chi connectivity index (χ1v) is 13.1. The van der Waals surface area contributed by atoms with Gasteiger partial charge in [-0.15, -0.1) is 0 Å². The van der Waals surface area contributed by atoms with Crippen molar-refractivity contribution in [2.75, 3.05) is 0 Å². The Kier molecular flexibility index (Phi) is 8.74. The van der Waals surface area contributed by atoms with Crippen LogP contribution in [-0.2, 0) is 19.8 Å². The number of carbonyl (C=O) groups excluding carboxylic acids is 1. The highest BCUT2D eigenvalue weighted by Crippen LogP contribution is 2.41. The summed E-state index contributed by atoms with van der Waals surface area (Å²) >= 11 is 0. The van der Waals surface area contributed by atoms with E-state index in [-0.39, 0.29) is 13.2 Å². The molecule has 0 aliphatic carbocycles. The van der Waals surface area contributed by atoms with Crippen LogP contribution in [0.25, 0.3) is 0 Å². The quantitative estimate of drug-likeness (QED) is 0.128. The predicted octanol–water partition coefficient (Wildman–Crippen LogP) is 7.95. The summed E-state index contributed by atoms with van der Waals surface area (Å²) in [5.41, 5.74) is 4.24. The van der Waals surface area contributed by atoms with E-state index in [1.807, 2.05) is 116 Å². The molecule has 0 aromatic heterocycles. The van der Waals surface area contributed by atoms with Crippen molar-refractivity contribution in [2.24, 2.45) is 0 Å². The minimum absolute atomic E-state index is 0.289. The molecule has 40 heavy (non-hydrogen) atoms. The Balaban J connectivity index is 1.50. The van der Waals surface area contributed by atoms with Crippen LogP contribution in [0.15, 0.2) is 127 Å². The fraction of sp³-hybridized carbons (Fsp3) is 0.114. The minimum atomic E-state index is -0.519. The smallest absolute Gasteiger partial charge is 0.343 e. The van der Waals surface area contributed by atoms with Gasteiger partial charge in [-0.05, 0) is 53.4 Å². The topological polar surface area (TPSA) is 54.0 Å². The van der Waals surface area contributed by atoms with E-state index in [9.17, 15) is 4.79 Å². The van der Waals surface area contributed by atoms with E-state index in [0.717, 1.165) is 22.3 Å². The molecule has 0 amide bonds. The molecule has 5 rings (SSSR count). The standard InChI is InChI=1S/C35H30O5/c1-26-12-11-19-31(20-26)40-35(36)30-21-32(37-23-27-13-5-2-6-14-27)34(39-25-29-17-9-4-10-18-29)33(22-30)38-24-28-15-7-3-8-16-28/h2-22H,23-25H2,1H3. The highest BCUT2D eigenvalue weighted by Gasteiger charge is 2.21. The van der Waals surface area contributed by atoms with Crippen molar-refractivity contribution in [1.29, 1.82) is 0 Å². The summed E-state index contributed by atoms with van der Waals surface area (Å²) in [7, 11) is 0. The third-order valence-electron chi connectivity index (χ3n) is 6.16. The molecule has 200 valence electrons. The number of rotatable bonds is 11. The average Bonchev–Trinajstić information content (AvgIpc) is 2.99. The lowest BCUT2D eigenvalue weighted by Crippen LogP contribution is -2.11. The monoisotopic (exact) mass is 530 g/mol. The van der Waals surface area contributed by atoms with Gasteiger partial charge in [-0.3, -0.25) is 0 Å². The zero-order chi connectivity index (χ0) is 27.6. The van der Waals surface area contributed by atoms with Gasteiger partial charge in [0, 0.05) is 0 Å². The number of aryl methyl sites for hydroxylation is 1. The highest BCUT2D eigenvalue weighted by atomic mass is 16.5. The maximum Gasteiger partial charge on any atom is 0.343 e. The normalized spacial score (nSPS) is 10.5. The molecule has 5 aromatic carbocycles. The van der Waals surface area contributed by atoms with Gasteiger partial charge in [0.25, 0.3) is 0 Å². The molecule has 0 spiro atoms. The molecule has 5 aromatic rings. The Morgan fingerprint density at radius 3 is 1.50 bits per heavy atom. The first-order chi connectivity index (χ1) is 19.6. The molecular weight excluding hydrogens is 500 g/mol. The fourth-order valence-corrected chi connectivity index (χ4v) is 4.10. The van der Waals surface area contributed by atoms with E-state index in [2.05, 4.69) is 0 Å². The van der Waals surface area contributed by atoms with Crippen molar-refractivity contribution < 1.29 is 23.7 Å². The van der Waals surface area contributed by atoms with E-state index in [4.69, 9.17) is 18.9 Å². The lowest BCUT2D eigenvalue weighted by atomic mass is 10.1.